The van der Waals surface area contributed by atoms with Crippen molar-refractivity contribution in [1.29, 1.82) is 0 Å². The van der Waals surface area contributed by atoms with E-state index < -0.39 is 0 Å². The van der Waals surface area contributed by atoms with Gasteiger partial charge >= 0.3 is 0 Å². The van der Waals surface area contributed by atoms with Gasteiger partial charge in [-0.1, -0.05) is 36.5 Å². The number of rotatable bonds is 0. The van der Waals surface area contributed by atoms with Crippen molar-refractivity contribution >= 4 is 11.8 Å². The molecule has 0 saturated carbocycles. The summed E-state index contributed by atoms with van der Waals surface area (Å²) in [6.07, 6.45) is 16.9. The minimum atomic E-state index is 1.10. The van der Waals surface area contributed by atoms with Crippen LogP contribution in [0.4, 0.5) is 0 Å². The molecule has 1 heteroatoms. The molecule has 0 amide bonds. The summed E-state index contributed by atoms with van der Waals surface area (Å²) in [5.41, 5.74) is 1.52. The van der Waals surface area contributed by atoms with Crippen molar-refractivity contribution in [2.24, 2.45) is 0 Å². The Hall–Kier alpha value is -0.690. The molecule has 0 unspecified atom stereocenters. The van der Waals surface area contributed by atoms with Gasteiger partial charge in [-0.15, -0.1) is 11.8 Å². The Morgan fingerprint density at radius 2 is 2.00 bits per heavy atom. The van der Waals surface area contributed by atoms with Gasteiger partial charge in [0.15, 0.2) is 0 Å². The maximum absolute atomic E-state index is 2.29. The number of allylic oxidation sites excluding steroid dienone is 7. The van der Waals surface area contributed by atoms with Crippen LogP contribution in [0, 0.1) is 0 Å². The fourth-order valence-electron chi connectivity index (χ4n) is 1.60. The minimum Gasteiger partial charge on any atom is -0.126 e. The third-order valence-electron chi connectivity index (χ3n) is 2.29. The van der Waals surface area contributed by atoms with Crippen molar-refractivity contribution in [2.75, 3.05) is 5.75 Å². The smallest absolute Gasteiger partial charge is 0.0160 e. The Morgan fingerprint density at radius 3 is 3.00 bits per heavy atom. The molecule has 2 rings (SSSR count). The van der Waals surface area contributed by atoms with E-state index in [1.165, 1.54) is 18.4 Å². The van der Waals surface area contributed by atoms with E-state index in [2.05, 4.69) is 36.5 Å². The van der Waals surface area contributed by atoms with Gasteiger partial charge < -0.3 is 0 Å². The lowest BCUT2D eigenvalue weighted by atomic mass is 10.0. The highest BCUT2D eigenvalue weighted by molar-refractivity contribution is 8.03. The lowest BCUT2D eigenvalue weighted by molar-refractivity contribution is 0.986. The zero-order chi connectivity index (χ0) is 8.93. The van der Waals surface area contributed by atoms with Gasteiger partial charge in [0.25, 0.3) is 0 Å². The summed E-state index contributed by atoms with van der Waals surface area (Å²) in [6, 6.07) is 0. The van der Waals surface area contributed by atoms with Crippen molar-refractivity contribution < 1.29 is 0 Å². The zero-order valence-corrected chi connectivity index (χ0v) is 8.52. The average Bonchev–Trinajstić information content (AvgIpc) is 2.28. The second-order valence-corrected chi connectivity index (χ2v) is 4.38. The van der Waals surface area contributed by atoms with E-state index in [0.717, 1.165) is 12.2 Å². The predicted octanol–water partition coefficient (Wildman–Crippen LogP) is 3.84. The highest BCUT2D eigenvalue weighted by Gasteiger charge is 2.07. The van der Waals surface area contributed by atoms with E-state index in [4.69, 9.17) is 0 Å². The van der Waals surface area contributed by atoms with Crippen LogP contribution < -0.4 is 0 Å². The van der Waals surface area contributed by atoms with Crippen LogP contribution in [-0.4, -0.2) is 5.75 Å². The Labute approximate surface area is 84.1 Å². The molecule has 0 atom stereocenters. The largest absolute Gasteiger partial charge is 0.126 e. The maximum atomic E-state index is 2.29. The molecule has 0 aromatic rings. The molecule has 0 spiro atoms. The Bertz CT molecular complexity index is 292. The van der Waals surface area contributed by atoms with E-state index >= 15 is 0 Å². The molecule has 0 aromatic heterocycles. The van der Waals surface area contributed by atoms with Crippen molar-refractivity contribution in [2.45, 2.75) is 19.3 Å². The molecule has 0 radical (unpaired) electrons. The van der Waals surface area contributed by atoms with Crippen molar-refractivity contribution in [1.82, 2.24) is 0 Å². The van der Waals surface area contributed by atoms with Gasteiger partial charge in [-0.05, 0) is 29.7 Å². The molecule has 0 bridgehead atoms. The first kappa shape index (κ1) is 8.89. The monoisotopic (exact) mass is 190 g/mol. The number of thioether (sulfide) groups is 1. The highest BCUT2D eigenvalue weighted by atomic mass is 32.2. The molecule has 0 aromatic carbocycles. The molecule has 2 aliphatic rings. The SMILES string of the molecule is C1=CC2=C(CC1)SC/C=C\C=C/C2. The van der Waals surface area contributed by atoms with Crippen LogP contribution in [0.1, 0.15) is 19.3 Å². The van der Waals surface area contributed by atoms with Gasteiger partial charge in [-0.25, -0.2) is 0 Å². The first-order chi connectivity index (χ1) is 6.47. The lowest BCUT2D eigenvalue weighted by Crippen LogP contribution is -1.91. The number of hydrogen-bond donors (Lipinski definition) is 0. The molecule has 0 fully saturated rings. The first-order valence-corrected chi connectivity index (χ1v) is 5.78. The third-order valence-corrected chi connectivity index (χ3v) is 3.46. The van der Waals surface area contributed by atoms with E-state index in [1.54, 1.807) is 4.91 Å². The summed E-state index contributed by atoms with van der Waals surface area (Å²) in [4.78, 5) is 1.60. The second kappa shape index (κ2) is 4.52. The van der Waals surface area contributed by atoms with Gasteiger partial charge in [-0.2, -0.15) is 0 Å². The Balaban J connectivity index is 2.20. The molecule has 0 nitrogen and oxygen atoms in total. The second-order valence-electron chi connectivity index (χ2n) is 3.26. The Morgan fingerprint density at radius 1 is 1.08 bits per heavy atom. The fraction of sp³-hybridized carbons (Fsp3) is 0.333. The van der Waals surface area contributed by atoms with Gasteiger partial charge in [-0.3, -0.25) is 0 Å². The highest BCUT2D eigenvalue weighted by Crippen LogP contribution is 2.31. The summed E-state index contributed by atoms with van der Waals surface area (Å²) in [5.74, 6) is 1.12. The van der Waals surface area contributed by atoms with Gasteiger partial charge in [0.2, 0.25) is 0 Å². The number of hydrogen-bond acceptors (Lipinski definition) is 1. The predicted molar refractivity (Wildman–Crippen MR) is 60.8 cm³/mol. The molecule has 13 heavy (non-hydrogen) atoms. The van der Waals surface area contributed by atoms with Crippen LogP contribution >= 0.6 is 11.8 Å². The normalized spacial score (nSPS) is 27.1. The summed E-state index contributed by atoms with van der Waals surface area (Å²) in [7, 11) is 0. The fourth-order valence-corrected chi connectivity index (χ4v) is 2.60. The van der Waals surface area contributed by atoms with Crippen LogP contribution in [0.3, 0.4) is 0 Å². The van der Waals surface area contributed by atoms with Gasteiger partial charge in [0.05, 0.1) is 0 Å². The molecular formula is C12H14S. The molecule has 1 aliphatic carbocycles. The molecule has 0 saturated heterocycles. The topological polar surface area (TPSA) is 0 Å². The lowest BCUT2D eigenvalue weighted by Gasteiger charge is -2.13. The Kier molecular flexibility index (Phi) is 3.09. The van der Waals surface area contributed by atoms with Gasteiger partial charge in [0, 0.05) is 5.75 Å². The maximum Gasteiger partial charge on any atom is 0.0160 e. The van der Waals surface area contributed by atoms with Crippen LogP contribution in [-0.2, 0) is 0 Å². The molecular weight excluding hydrogens is 176 g/mol. The summed E-state index contributed by atoms with van der Waals surface area (Å²) in [6.45, 7) is 0. The summed E-state index contributed by atoms with van der Waals surface area (Å²) < 4.78 is 0. The van der Waals surface area contributed by atoms with E-state index in [-0.39, 0.29) is 0 Å². The molecule has 68 valence electrons. The van der Waals surface area contributed by atoms with Gasteiger partial charge in [0.1, 0.15) is 0 Å². The van der Waals surface area contributed by atoms with E-state index in [9.17, 15) is 0 Å². The van der Waals surface area contributed by atoms with E-state index in [1.807, 2.05) is 11.8 Å². The van der Waals surface area contributed by atoms with Crippen molar-refractivity contribution in [3.8, 4) is 0 Å². The van der Waals surface area contributed by atoms with Crippen LogP contribution in [0.25, 0.3) is 0 Å². The average molecular weight is 190 g/mol. The van der Waals surface area contributed by atoms with Crippen LogP contribution in [0.15, 0.2) is 46.9 Å². The van der Waals surface area contributed by atoms with Crippen LogP contribution in [0.2, 0.25) is 0 Å². The first-order valence-electron chi connectivity index (χ1n) is 4.80. The quantitative estimate of drug-likeness (QED) is 0.559. The molecule has 0 N–H and O–H groups in total. The van der Waals surface area contributed by atoms with E-state index in [0.29, 0.717) is 0 Å². The minimum absolute atomic E-state index is 1.10. The van der Waals surface area contributed by atoms with Crippen molar-refractivity contribution in [3.05, 3.63) is 46.9 Å². The third kappa shape index (κ3) is 2.38. The van der Waals surface area contributed by atoms with Crippen molar-refractivity contribution in [3.63, 3.8) is 0 Å². The summed E-state index contributed by atoms with van der Waals surface area (Å²) >= 11 is 2.00. The summed E-state index contributed by atoms with van der Waals surface area (Å²) in [5, 5.41) is 0. The van der Waals surface area contributed by atoms with Crippen LogP contribution in [0.5, 0.6) is 0 Å². The molecule has 1 heterocycles. The standard InChI is InChI=1S/C12H14S/c1-2-6-10-13-12-9-5-4-8-11(12)7-3-1/h1-4,6,8H,5,7,9-10H2/b3-1-,6-2-. The zero-order valence-electron chi connectivity index (χ0n) is 7.70. The molecule has 1 aliphatic heterocycles.